The number of hydrogen-bond donors (Lipinski definition) is 1. The molecule has 0 aliphatic heterocycles. The normalized spacial score (nSPS) is 10.8. The highest BCUT2D eigenvalue weighted by Gasteiger charge is 2.05. The lowest BCUT2D eigenvalue weighted by molar-refractivity contribution is 1.23. The molecule has 0 fully saturated rings. The van der Waals surface area contributed by atoms with Crippen molar-refractivity contribution in [1.29, 1.82) is 0 Å². The average Bonchev–Trinajstić information content (AvgIpc) is 2.10. The third-order valence-corrected chi connectivity index (χ3v) is 2.94. The number of hydrogen-bond acceptors (Lipinski definition) is 1. The number of aryl methyl sites for hydroxylation is 2. The molecule has 72 valence electrons. The highest BCUT2D eigenvalue weighted by Crippen LogP contribution is 2.22. The minimum atomic E-state index is 0.0619. The van der Waals surface area contributed by atoms with Crippen LogP contribution in [0.15, 0.2) is 27.5 Å². The van der Waals surface area contributed by atoms with Crippen LogP contribution in [0.5, 0.6) is 0 Å². The number of aromatic nitrogens is 1. The summed E-state index contributed by atoms with van der Waals surface area (Å²) in [7, 11) is 0. The molecule has 0 unspecified atom stereocenters. The van der Waals surface area contributed by atoms with Crippen molar-refractivity contribution in [3.8, 4) is 0 Å². The van der Waals surface area contributed by atoms with E-state index >= 15 is 0 Å². The average molecular weight is 252 g/mol. The minimum absolute atomic E-state index is 0.0619. The molecule has 3 heteroatoms. The van der Waals surface area contributed by atoms with Crippen LogP contribution >= 0.6 is 15.9 Å². The maximum Gasteiger partial charge on any atom is 0.190 e. The van der Waals surface area contributed by atoms with Crippen molar-refractivity contribution in [2.24, 2.45) is 0 Å². The Morgan fingerprint density at radius 1 is 1.29 bits per heavy atom. The molecule has 1 aromatic carbocycles. The van der Waals surface area contributed by atoms with Crippen molar-refractivity contribution in [3.63, 3.8) is 0 Å². The van der Waals surface area contributed by atoms with Crippen LogP contribution in [0.1, 0.15) is 11.3 Å². The fourth-order valence-corrected chi connectivity index (χ4v) is 2.11. The summed E-state index contributed by atoms with van der Waals surface area (Å²) in [6, 6.07) is 5.51. The Labute approximate surface area is 90.1 Å². The zero-order valence-corrected chi connectivity index (χ0v) is 9.60. The zero-order valence-electron chi connectivity index (χ0n) is 8.02. The van der Waals surface area contributed by atoms with E-state index in [4.69, 9.17) is 0 Å². The molecule has 0 saturated heterocycles. The Morgan fingerprint density at radius 2 is 2.00 bits per heavy atom. The van der Waals surface area contributed by atoms with E-state index in [0.717, 1.165) is 26.6 Å². The second kappa shape index (κ2) is 3.24. The van der Waals surface area contributed by atoms with E-state index in [-0.39, 0.29) is 5.43 Å². The molecule has 0 aliphatic carbocycles. The number of H-pyrrole nitrogens is 1. The molecular weight excluding hydrogens is 242 g/mol. The van der Waals surface area contributed by atoms with Gasteiger partial charge in [-0.15, -0.1) is 0 Å². The van der Waals surface area contributed by atoms with Gasteiger partial charge in [0, 0.05) is 16.2 Å². The molecule has 0 radical (unpaired) electrons. The molecule has 1 N–H and O–H groups in total. The van der Waals surface area contributed by atoms with E-state index in [1.165, 1.54) is 0 Å². The van der Waals surface area contributed by atoms with Crippen molar-refractivity contribution in [2.75, 3.05) is 0 Å². The largest absolute Gasteiger partial charge is 0.358 e. The summed E-state index contributed by atoms with van der Waals surface area (Å²) < 4.78 is 0.847. The Hall–Kier alpha value is -1.09. The Balaban J connectivity index is 3.08. The van der Waals surface area contributed by atoms with Gasteiger partial charge >= 0.3 is 0 Å². The number of fused-ring (bicyclic) bond motifs is 1. The lowest BCUT2D eigenvalue weighted by atomic mass is 10.1. The van der Waals surface area contributed by atoms with E-state index in [1.807, 2.05) is 26.0 Å². The van der Waals surface area contributed by atoms with Gasteiger partial charge in [-0.1, -0.05) is 6.07 Å². The molecule has 0 saturated carbocycles. The van der Waals surface area contributed by atoms with Gasteiger partial charge in [-0.2, -0.15) is 0 Å². The molecule has 0 bridgehead atoms. The van der Waals surface area contributed by atoms with Gasteiger partial charge in [0.2, 0.25) is 0 Å². The van der Waals surface area contributed by atoms with Crippen LogP contribution < -0.4 is 5.43 Å². The van der Waals surface area contributed by atoms with Crippen molar-refractivity contribution in [3.05, 3.63) is 44.2 Å². The van der Waals surface area contributed by atoms with Gasteiger partial charge in [-0.05, 0) is 41.4 Å². The monoisotopic (exact) mass is 251 g/mol. The fourth-order valence-electron chi connectivity index (χ4n) is 1.59. The Kier molecular flexibility index (Phi) is 2.19. The van der Waals surface area contributed by atoms with Crippen LogP contribution in [0.4, 0.5) is 0 Å². The summed E-state index contributed by atoms with van der Waals surface area (Å²) >= 11 is 3.39. The molecule has 2 aromatic rings. The highest BCUT2D eigenvalue weighted by atomic mass is 79.9. The smallest absolute Gasteiger partial charge is 0.190 e. The summed E-state index contributed by atoms with van der Waals surface area (Å²) in [5.41, 5.74) is 2.96. The summed E-state index contributed by atoms with van der Waals surface area (Å²) in [6.45, 7) is 3.88. The molecule has 0 aliphatic rings. The number of benzene rings is 1. The number of nitrogens with one attached hydrogen (secondary N) is 1. The summed E-state index contributed by atoms with van der Waals surface area (Å²) in [4.78, 5) is 14.9. The lowest BCUT2D eigenvalue weighted by Gasteiger charge is -2.04. The number of rotatable bonds is 0. The molecule has 1 aromatic heterocycles. The summed E-state index contributed by atoms with van der Waals surface area (Å²) in [5, 5.41) is 0.732. The molecule has 14 heavy (non-hydrogen) atoms. The van der Waals surface area contributed by atoms with Gasteiger partial charge in [0.1, 0.15) is 0 Å². The molecule has 0 atom stereocenters. The van der Waals surface area contributed by atoms with Crippen molar-refractivity contribution in [1.82, 2.24) is 4.98 Å². The third-order valence-electron chi connectivity index (χ3n) is 2.28. The predicted octanol–water partition coefficient (Wildman–Crippen LogP) is 2.91. The first kappa shape index (κ1) is 9.46. The SMILES string of the molecule is Cc1cc(=O)c2c(Br)ccc(C)c2[nH]1. The predicted molar refractivity (Wildman–Crippen MR) is 61.7 cm³/mol. The first-order chi connectivity index (χ1) is 6.59. The van der Waals surface area contributed by atoms with Crippen LogP contribution in [-0.4, -0.2) is 4.98 Å². The van der Waals surface area contributed by atoms with Gasteiger partial charge in [0.05, 0.1) is 10.9 Å². The Bertz CT molecular complexity index is 557. The lowest BCUT2D eigenvalue weighted by Crippen LogP contribution is -2.04. The zero-order chi connectivity index (χ0) is 10.3. The Morgan fingerprint density at radius 3 is 2.71 bits per heavy atom. The minimum Gasteiger partial charge on any atom is -0.358 e. The topological polar surface area (TPSA) is 32.9 Å². The molecule has 0 amide bonds. The number of pyridine rings is 1. The van der Waals surface area contributed by atoms with Crippen molar-refractivity contribution >= 4 is 26.8 Å². The van der Waals surface area contributed by atoms with Crippen LogP contribution in [0.3, 0.4) is 0 Å². The van der Waals surface area contributed by atoms with Gasteiger partial charge < -0.3 is 4.98 Å². The molecule has 1 heterocycles. The fraction of sp³-hybridized carbons (Fsp3) is 0.182. The summed E-state index contributed by atoms with van der Waals surface area (Å²) in [5.74, 6) is 0. The first-order valence-electron chi connectivity index (χ1n) is 4.38. The molecule has 2 rings (SSSR count). The second-order valence-electron chi connectivity index (χ2n) is 3.43. The van der Waals surface area contributed by atoms with Gasteiger partial charge in [-0.3, -0.25) is 4.79 Å². The van der Waals surface area contributed by atoms with Gasteiger partial charge in [0.15, 0.2) is 5.43 Å². The maximum absolute atomic E-state index is 11.7. The van der Waals surface area contributed by atoms with Crippen molar-refractivity contribution in [2.45, 2.75) is 13.8 Å². The third kappa shape index (κ3) is 1.38. The highest BCUT2D eigenvalue weighted by molar-refractivity contribution is 9.10. The standard InChI is InChI=1S/C11H10BrNO/c1-6-3-4-8(12)10-9(14)5-7(2)13-11(6)10/h3-5H,1-2H3,(H,13,14). The number of aromatic amines is 1. The molecule has 2 nitrogen and oxygen atoms in total. The maximum atomic E-state index is 11.7. The molecule has 0 spiro atoms. The van der Waals surface area contributed by atoms with E-state index < -0.39 is 0 Å². The second-order valence-corrected chi connectivity index (χ2v) is 4.29. The summed E-state index contributed by atoms with van der Waals surface area (Å²) in [6.07, 6.45) is 0. The van der Waals surface area contributed by atoms with E-state index in [0.29, 0.717) is 0 Å². The first-order valence-corrected chi connectivity index (χ1v) is 5.17. The van der Waals surface area contributed by atoms with Gasteiger partial charge in [-0.25, -0.2) is 0 Å². The van der Waals surface area contributed by atoms with Crippen LogP contribution in [0.25, 0.3) is 10.9 Å². The van der Waals surface area contributed by atoms with Gasteiger partial charge in [0.25, 0.3) is 0 Å². The van der Waals surface area contributed by atoms with Crippen LogP contribution in [0, 0.1) is 13.8 Å². The van der Waals surface area contributed by atoms with Crippen molar-refractivity contribution < 1.29 is 0 Å². The van der Waals surface area contributed by atoms with Crippen LogP contribution in [0.2, 0.25) is 0 Å². The van der Waals surface area contributed by atoms with Crippen LogP contribution in [-0.2, 0) is 0 Å². The quantitative estimate of drug-likeness (QED) is 0.768. The van der Waals surface area contributed by atoms with E-state index in [2.05, 4.69) is 20.9 Å². The van der Waals surface area contributed by atoms with E-state index in [9.17, 15) is 4.79 Å². The molecular formula is C11H10BrNO. The van der Waals surface area contributed by atoms with E-state index in [1.54, 1.807) is 6.07 Å². The number of halogens is 1.